The number of amides is 4. The molecule has 5 unspecified atom stereocenters. The molecule has 154 valence electrons. The fourth-order valence-electron chi connectivity index (χ4n) is 5.02. The number of nitrogens with two attached hydrogens (primary N) is 1. The Labute approximate surface area is 173 Å². The van der Waals surface area contributed by atoms with E-state index in [1.807, 2.05) is 13.8 Å². The number of halogens is 1. The maximum absolute atomic E-state index is 13.5. The van der Waals surface area contributed by atoms with Gasteiger partial charge in [0, 0.05) is 24.1 Å². The van der Waals surface area contributed by atoms with E-state index in [2.05, 4.69) is 10.6 Å². The van der Waals surface area contributed by atoms with Gasteiger partial charge in [-0.1, -0.05) is 24.6 Å². The van der Waals surface area contributed by atoms with Crippen molar-refractivity contribution in [3.8, 4) is 0 Å². The van der Waals surface area contributed by atoms with E-state index in [-0.39, 0.29) is 18.4 Å². The van der Waals surface area contributed by atoms with E-state index >= 15 is 0 Å². The van der Waals surface area contributed by atoms with Crippen LogP contribution in [-0.2, 0) is 24.7 Å². The molecule has 29 heavy (non-hydrogen) atoms. The zero-order chi connectivity index (χ0) is 21.2. The van der Waals surface area contributed by atoms with Crippen molar-refractivity contribution in [2.24, 2.45) is 17.6 Å². The zero-order valence-electron chi connectivity index (χ0n) is 16.4. The van der Waals surface area contributed by atoms with Crippen molar-refractivity contribution in [3.05, 3.63) is 28.3 Å². The van der Waals surface area contributed by atoms with Crippen molar-refractivity contribution in [2.45, 2.75) is 51.2 Å². The predicted molar refractivity (Wildman–Crippen MR) is 106 cm³/mol. The van der Waals surface area contributed by atoms with Crippen LogP contribution in [0, 0.1) is 18.8 Å². The Kier molecular flexibility index (Phi) is 4.47. The molecule has 0 saturated carbocycles. The molecule has 0 aliphatic carbocycles. The molecule has 0 bridgehead atoms. The predicted octanol–water partition coefficient (Wildman–Crippen LogP) is 1.04. The molecule has 3 heterocycles. The molecule has 2 saturated heterocycles. The van der Waals surface area contributed by atoms with E-state index in [9.17, 15) is 19.2 Å². The van der Waals surface area contributed by atoms with Crippen LogP contribution in [-0.4, -0.2) is 40.6 Å². The number of anilines is 1. The summed E-state index contributed by atoms with van der Waals surface area (Å²) >= 11 is 6.35. The van der Waals surface area contributed by atoms with E-state index in [0.29, 0.717) is 22.7 Å². The second-order valence-corrected chi connectivity index (χ2v) is 8.57. The Morgan fingerprint density at radius 1 is 1.31 bits per heavy atom. The van der Waals surface area contributed by atoms with E-state index in [1.54, 1.807) is 19.1 Å². The van der Waals surface area contributed by atoms with Gasteiger partial charge in [0.25, 0.3) is 0 Å². The lowest BCUT2D eigenvalue weighted by Gasteiger charge is -2.31. The van der Waals surface area contributed by atoms with Gasteiger partial charge in [-0.15, -0.1) is 0 Å². The number of hydrogen-bond donors (Lipinski definition) is 3. The van der Waals surface area contributed by atoms with E-state index in [1.165, 1.54) is 4.90 Å². The number of hydrogen-bond acceptors (Lipinski definition) is 5. The number of rotatable bonds is 4. The van der Waals surface area contributed by atoms with Crippen LogP contribution in [0.15, 0.2) is 12.1 Å². The Bertz CT molecular complexity index is 964. The Balaban J connectivity index is 1.92. The third-order valence-electron chi connectivity index (χ3n) is 6.41. The van der Waals surface area contributed by atoms with Gasteiger partial charge in [-0.25, -0.2) is 0 Å². The van der Waals surface area contributed by atoms with Gasteiger partial charge >= 0.3 is 0 Å². The van der Waals surface area contributed by atoms with Crippen LogP contribution in [0.2, 0.25) is 5.02 Å². The van der Waals surface area contributed by atoms with Crippen molar-refractivity contribution in [3.63, 3.8) is 0 Å². The van der Waals surface area contributed by atoms with E-state index in [4.69, 9.17) is 17.3 Å². The Hall–Kier alpha value is -2.45. The standard InChI is InChI=1S/C20H23ClN4O4/c1-4-9(3)25-17(27)14-12(7-13(22)26)24-20(15(14)18(25)28)10-5-8(2)6-11(21)16(10)23-19(20)29/h5-6,9,12,14-15,24H,4,7H2,1-3H3,(H2,22,26)(H,23,29). The number of nitrogens with one attached hydrogen (secondary N) is 2. The van der Waals surface area contributed by atoms with Gasteiger partial charge in [0.05, 0.1) is 22.5 Å². The molecular weight excluding hydrogens is 396 g/mol. The largest absolute Gasteiger partial charge is 0.370 e. The lowest BCUT2D eigenvalue weighted by atomic mass is 9.76. The summed E-state index contributed by atoms with van der Waals surface area (Å²) in [4.78, 5) is 52.9. The van der Waals surface area contributed by atoms with Crippen molar-refractivity contribution in [1.82, 2.24) is 10.2 Å². The van der Waals surface area contributed by atoms with Gasteiger partial charge < -0.3 is 11.1 Å². The molecule has 8 nitrogen and oxygen atoms in total. The number of carbonyl (C=O) groups excluding carboxylic acids is 4. The molecule has 4 N–H and O–H groups in total. The van der Waals surface area contributed by atoms with Gasteiger partial charge in [0.15, 0.2) is 0 Å². The number of likely N-dealkylation sites (tertiary alicyclic amines) is 1. The molecule has 1 aromatic carbocycles. The van der Waals surface area contributed by atoms with Crippen molar-refractivity contribution in [2.75, 3.05) is 5.32 Å². The monoisotopic (exact) mass is 418 g/mol. The highest BCUT2D eigenvalue weighted by molar-refractivity contribution is 6.35. The highest BCUT2D eigenvalue weighted by Crippen LogP contribution is 2.55. The summed E-state index contributed by atoms with van der Waals surface area (Å²) in [6, 6.07) is 2.48. The molecule has 3 aliphatic heterocycles. The molecule has 4 amide bonds. The summed E-state index contributed by atoms with van der Waals surface area (Å²) in [5.74, 6) is -3.65. The van der Waals surface area contributed by atoms with Crippen LogP contribution in [0.25, 0.3) is 0 Å². The third-order valence-corrected chi connectivity index (χ3v) is 6.71. The minimum atomic E-state index is -1.47. The molecule has 2 fully saturated rings. The molecule has 5 atom stereocenters. The molecule has 0 radical (unpaired) electrons. The first-order valence-electron chi connectivity index (χ1n) is 9.68. The van der Waals surface area contributed by atoms with Crippen molar-refractivity contribution < 1.29 is 19.2 Å². The quantitative estimate of drug-likeness (QED) is 0.631. The lowest BCUT2D eigenvalue weighted by Crippen LogP contribution is -2.54. The maximum Gasteiger partial charge on any atom is 0.250 e. The van der Waals surface area contributed by atoms with Crippen LogP contribution >= 0.6 is 11.6 Å². The fourth-order valence-corrected chi connectivity index (χ4v) is 5.35. The zero-order valence-corrected chi connectivity index (χ0v) is 17.2. The lowest BCUT2D eigenvalue weighted by molar-refractivity contribution is -0.145. The minimum Gasteiger partial charge on any atom is -0.370 e. The summed E-state index contributed by atoms with van der Waals surface area (Å²) in [6.45, 7) is 5.52. The number of benzene rings is 1. The SMILES string of the molecule is CCC(C)N1C(=O)C2C(CC(N)=O)NC3(C(=O)Nc4c(Cl)cc(C)cc43)C2C1=O. The summed E-state index contributed by atoms with van der Waals surface area (Å²) in [6.07, 6.45) is 0.435. The number of aryl methyl sites for hydroxylation is 1. The number of carbonyl (C=O) groups is 4. The minimum absolute atomic E-state index is 0.154. The highest BCUT2D eigenvalue weighted by Gasteiger charge is 2.71. The van der Waals surface area contributed by atoms with Gasteiger partial charge in [0.2, 0.25) is 23.6 Å². The number of imide groups is 1. The summed E-state index contributed by atoms with van der Waals surface area (Å²) < 4.78 is 0. The molecular formula is C20H23ClN4O4. The number of nitrogens with zero attached hydrogens (tertiary/aromatic N) is 1. The molecule has 3 aliphatic rings. The first-order valence-corrected chi connectivity index (χ1v) is 10.1. The summed E-state index contributed by atoms with van der Waals surface area (Å²) in [5, 5.41) is 6.29. The van der Waals surface area contributed by atoms with E-state index < -0.39 is 41.1 Å². The average molecular weight is 419 g/mol. The molecule has 1 spiro atoms. The highest BCUT2D eigenvalue weighted by atomic mass is 35.5. The second kappa shape index (κ2) is 6.53. The number of fused-ring (bicyclic) bond motifs is 4. The molecule has 4 rings (SSSR count). The molecule has 9 heteroatoms. The topological polar surface area (TPSA) is 122 Å². The second-order valence-electron chi connectivity index (χ2n) is 8.16. The van der Waals surface area contributed by atoms with Crippen LogP contribution in [0.1, 0.15) is 37.8 Å². The fraction of sp³-hybridized carbons (Fsp3) is 0.500. The van der Waals surface area contributed by atoms with E-state index in [0.717, 1.165) is 5.56 Å². The third kappa shape index (κ3) is 2.55. The summed E-state index contributed by atoms with van der Waals surface area (Å²) in [5.41, 5.74) is 5.71. The van der Waals surface area contributed by atoms with Crippen LogP contribution < -0.4 is 16.4 Å². The first kappa shape index (κ1) is 19.8. The summed E-state index contributed by atoms with van der Waals surface area (Å²) in [7, 11) is 0. The Morgan fingerprint density at radius 2 is 2.00 bits per heavy atom. The molecule has 1 aromatic rings. The Morgan fingerprint density at radius 3 is 2.62 bits per heavy atom. The first-order chi connectivity index (χ1) is 13.6. The van der Waals surface area contributed by atoms with Gasteiger partial charge in [-0.2, -0.15) is 0 Å². The van der Waals surface area contributed by atoms with Crippen molar-refractivity contribution in [1.29, 1.82) is 0 Å². The van der Waals surface area contributed by atoms with Crippen LogP contribution in [0.5, 0.6) is 0 Å². The van der Waals surface area contributed by atoms with Gasteiger partial charge in [-0.05, 0) is 31.9 Å². The van der Waals surface area contributed by atoms with Crippen molar-refractivity contribution >= 4 is 40.9 Å². The van der Waals surface area contributed by atoms with Crippen LogP contribution in [0.4, 0.5) is 5.69 Å². The van der Waals surface area contributed by atoms with Crippen LogP contribution in [0.3, 0.4) is 0 Å². The normalized spacial score (nSPS) is 31.2. The molecule has 0 aromatic heterocycles. The maximum atomic E-state index is 13.5. The van der Waals surface area contributed by atoms with Gasteiger partial charge in [-0.3, -0.25) is 29.4 Å². The smallest absolute Gasteiger partial charge is 0.250 e. The van der Waals surface area contributed by atoms with Gasteiger partial charge in [0.1, 0.15) is 5.54 Å². The average Bonchev–Trinajstić information content (AvgIpc) is 3.20. The number of primary amides is 1.